The Balaban J connectivity index is 1.33. The minimum absolute atomic E-state index is 0.175. The number of hydrazine groups is 1. The number of aromatic hydroxyl groups is 1. The fourth-order valence-corrected chi connectivity index (χ4v) is 8.24. The number of hydrogen-bond acceptors (Lipinski definition) is 4. The zero-order valence-corrected chi connectivity index (χ0v) is 22.1. The van der Waals surface area contributed by atoms with Gasteiger partial charge in [-0.15, -0.1) is 4.83 Å². The van der Waals surface area contributed by atoms with E-state index in [0.717, 1.165) is 36.9 Å². The van der Waals surface area contributed by atoms with Gasteiger partial charge in [0.15, 0.2) is 0 Å². The van der Waals surface area contributed by atoms with Gasteiger partial charge >= 0.3 is 0 Å². The van der Waals surface area contributed by atoms with Crippen molar-refractivity contribution in [2.45, 2.75) is 56.3 Å². The molecule has 0 saturated heterocycles. The molecule has 5 atom stereocenters. The molecule has 3 aromatic carbocycles. The molecule has 0 amide bonds. The summed E-state index contributed by atoms with van der Waals surface area (Å²) < 4.78 is 26.0. The molecule has 0 heterocycles. The third-order valence-electron chi connectivity index (χ3n) is 9.18. The van der Waals surface area contributed by atoms with Crippen LogP contribution in [0.15, 0.2) is 89.5 Å². The first kappa shape index (κ1) is 24.3. The highest BCUT2D eigenvalue weighted by Crippen LogP contribution is 2.64. The summed E-state index contributed by atoms with van der Waals surface area (Å²) in [5, 5.41) is 10.1. The normalized spacial score (nSPS) is 28.5. The van der Waals surface area contributed by atoms with Gasteiger partial charge in [0.2, 0.25) is 0 Å². The number of nitrogens with one attached hydrogen (secondary N) is 2. The molecule has 192 valence electrons. The van der Waals surface area contributed by atoms with Gasteiger partial charge in [0.1, 0.15) is 5.75 Å². The molecule has 0 spiro atoms. The summed E-state index contributed by atoms with van der Waals surface area (Å²) in [4.78, 5) is 2.92. The molecule has 0 aliphatic heterocycles. The average Bonchev–Trinajstić information content (AvgIpc) is 3.23. The van der Waals surface area contributed by atoms with Gasteiger partial charge in [-0.3, -0.25) is 0 Å². The molecule has 0 unspecified atom stereocenters. The quantitative estimate of drug-likeness (QED) is 0.369. The molecule has 3 aliphatic carbocycles. The Bertz CT molecular complexity index is 1450. The summed E-state index contributed by atoms with van der Waals surface area (Å²) in [6.45, 7) is 4.25. The molecule has 6 heteroatoms. The SMILES string of the molecule is Cc1ccc(S(=O)(=O)NNC2=CC[C@H]3[C@@H]4CCc5cc(O)ccc5[C@H]4[C@@H](c4ccccc4)C[C@]23C)cc1. The first-order valence-electron chi connectivity index (χ1n) is 13.2. The number of sulfonamides is 1. The highest BCUT2D eigenvalue weighted by molar-refractivity contribution is 7.89. The molecule has 0 bridgehead atoms. The Kier molecular flexibility index (Phi) is 5.92. The topological polar surface area (TPSA) is 78.4 Å². The van der Waals surface area contributed by atoms with Gasteiger partial charge < -0.3 is 10.5 Å². The molecule has 0 aromatic heterocycles. The lowest BCUT2D eigenvalue weighted by atomic mass is 9.50. The Morgan fingerprint density at radius 1 is 1.00 bits per heavy atom. The number of rotatable bonds is 5. The zero-order chi connectivity index (χ0) is 25.8. The van der Waals surface area contributed by atoms with Gasteiger partial charge in [-0.2, -0.15) is 0 Å². The maximum Gasteiger partial charge on any atom is 0.257 e. The molecule has 0 radical (unpaired) electrons. The van der Waals surface area contributed by atoms with Crippen molar-refractivity contribution in [1.82, 2.24) is 10.3 Å². The van der Waals surface area contributed by atoms with E-state index in [1.54, 1.807) is 12.1 Å². The highest BCUT2D eigenvalue weighted by atomic mass is 32.2. The van der Waals surface area contributed by atoms with Crippen LogP contribution >= 0.6 is 0 Å². The summed E-state index contributed by atoms with van der Waals surface area (Å²) in [6.07, 6.45) is 6.09. The van der Waals surface area contributed by atoms with E-state index >= 15 is 0 Å². The summed E-state index contributed by atoms with van der Waals surface area (Å²) in [5.41, 5.74) is 8.94. The lowest BCUT2D eigenvalue weighted by Gasteiger charge is -2.54. The standard InChI is InChI=1S/C31H34N2O3S/c1-20-8-12-24(13-9-20)37(35,36)33-32-29-17-16-28-26-14-10-22-18-23(34)11-15-25(22)30(26)27(19-31(28,29)2)21-6-4-3-5-7-21/h3-9,11-13,15,17-18,26-28,30,32-34H,10,14,16,19H2,1-2H3/t26-,27+,28-,30+,31-/m0/s1. The van der Waals surface area contributed by atoms with Gasteiger partial charge in [-0.1, -0.05) is 67.1 Å². The van der Waals surface area contributed by atoms with Crippen molar-refractivity contribution in [3.63, 3.8) is 0 Å². The minimum atomic E-state index is -3.69. The number of aryl methyl sites for hydroxylation is 2. The monoisotopic (exact) mass is 514 g/mol. The van der Waals surface area contributed by atoms with E-state index in [2.05, 4.69) is 59.7 Å². The van der Waals surface area contributed by atoms with Crippen LogP contribution in [0.3, 0.4) is 0 Å². The molecule has 3 N–H and O–H groups in total. The second kappa shape index (κ2) is 9.03. The first-order valence-corrected chi connectivity index (χ1v) is 14.7. The lowest BCUT2D eigenvalue weighted by Crippen LogP contribution is -2.49. The first-order chi connectivity index (χ1) is 17.8. The van der Waals surface area contributed by atoms with E-state index in [-0.39, 0.29) is 10.3 Å². The number of allylic oxidation sites excluding steroid dienone is 2. The summed E-state index contributed by atoms with van der Waals surface area (Å²) in [6, 6.07) is 23.6. The molecule has 6 rings (SSSR count). The summed E-state index contributed by atoms with van der Waals surface area (Å²) in [5.74, 6) is 1.91. The second-order valence-electron chi connectivity index (χ2n) is 11.3. The van der Waals surface area contributed by atoms with Crippen molar-refractivity contribution in [2.75, 3.05) is 0 Å². The van der Waals surface area contributed by atoms with Crippen LogP contribution in [0.25, 0.3) is 0 Å². The predicted molar refractivity (Wildman–Crippen MR) is 145 cm³/mol. The summed E-state index contributed by atoms with van der Waals surface area (Å²) in [7, 11) is -3.69. The number of benzene rings is 3. The van der Waals surface area contributed by atoms with E-state index in [4.69, 9.17) is 0 Å². The average molecular weight is 515 g/mol. The van der Waals surface area contributed by atoms with Crippen molar-refractivity contribution in [3.8, 4) is 5.75 Å². The maximum absolute atomic E-state index is 13.0. The highest BCUT2D eigenvalue weighted by Gasteiger charge is 2.55. The van der Waals surface area contributed by atoms with Crippen LogP contribution in [0.5, 0.6) is 5.75 Å². The fourth-order valence-electron chi connectivity index (χ4n) is 7.38. The van der Waals surface area contributed by atoms with Crippen LogP contribution in [0.4, 0.5) is 0 Å². The molecule has 3 aromatic rings. The van der Waals surface area contributed by atoms with Crippen LogP contribution in [-0.4, -0.2) is 13.5 Å². The van der Waals surface area contributed by atoms with Crippen molar-refractivity contribution in [1.29, 1.82) is 0 Å². The summed E-state index contributed by atoms with van der Waals surface area (Å²) >= 11 is 0. The van der Waals surface area contributed by atoms with E-state index in [0.29, 0.717) is 29.4 Å². The number of hydrogen-bond donors (Lipinski definition) is 3. The molecule has 5 nitrogen and oxygen atoms in total. The predicted octanol–water partition coefficient (Wildman–Crippen LogP) is 5.93. The van der Waals surface area contributed by atoms with E-state index < -0.39 is 10.0 Å². The van der Waals surface area contributed by atoms with E-state index in [1.165, 1.54) is 16.7 Å². The Hall–Kier alpha value is -3.09. The maximum atomic E-state index is 13.0. The molecule has 1 saturated carbocycles. The fraction of sp³-hybridized carbons (Fsp3) is 0.355. The largest absolute Gasteiger partial charge is 0.508 e. The van der Waals surface area contributed by atoms with Gasteiger partial charge in [0.05, 0.1) is 4.90 Å². The molecule has 1 fully saturated rings. The Morgan fingerprint density at radius 3 is 2.51 bits per heavy atom. The van der Waals surface area contributed by atoms with Crippen LogP contribution < -0.4 is 10.3 Å². The van der Waals surface area contributed by atoms with Gasteiger partial charge in [0.25, 0.3) is 10.0 Å². The number of phenols is 1. The minimum Gasteiger partial charge on any atom is -0.508 e. The molecular weight excluding hydrogens is 480 g/mol. The van der Waals surface area contributed by atoms with Gasteiger partial charge in [0, 0.05) is 11.1 Å². The third-order valence-corrected chi connectivity index (χ3v) is 10.4. The zero-order valence-electron chi connectivity index (χ0n) is 21.3. The second-order valence-corrected chi connectivity index (χ2v) is 12.9. The van der Waals surface area contributed by atoms with Crippen molar-refractivity contribution in [3.05, 3.63) is 107 Å². The van der Waals surface area contributed by atoms with Crippen LogP contribution in [0, 0.1) is 24.2 Å². The van der Waals surface area contributed by atoms with Crippen LogP contribution in [-0.2, 0) is 16.4 Å². The van der Waals surface area contributed by atoms with Crippen LogP contribution in [0.2, 0.25) is 0 Å². The molecule has 3 aliphatic rings. The van der Waals surface area contributed by atoms with Crippen LogP contribution in [0.1, 0.15) is 60.3 Å². The third kappa shape index (κ3) is 4.16. The Morgan fingerprint density at radius 2 is 1.76 bits per heavy atom. The smallest absolute Gasteiger partial charge is 0.257 e. The van der Waals surface area contributed by atoms with E-state index in [9.17, 15) is 13.5 Å². The van der Waals surface area contributed by atoms with Crippen molar-refractivity contribution in [2.24, 2.45) is 17.3 Å². The molecular formula is C31H34N2O3S. The number of fused-ring (bicyclic) bond motifs is 5. The molecule has 37 heavy (non-hydrogen) atoms. The lowest BCUT2D eigenvalue weighted by molar-refractivity contribution is 0.0534. The number of phenolic OH excluding ortho intramolecular Hbond substituents is 1. The van der Waals surface area contributed by atoms with E-state index in [1.807, 2.05) is 31.2 Å². The van der Waals surface area contributed by atoms with Gasteiger partial charge in [-0.25, -0.2) is 8.42 Å². The van der Waals surface area contributed by atoms with Gasteiger partial charge in [-0.05, 0) is 97.2 Å². The Labute approximate surface area is 219 Å². The van der Waals surface area contributed by atoms with Crippen molar-refractivity contribution >= 4 is 10.0 Å². The van der Waals surface area contributed by atoms with Crippen molar-refractivity contribution < 1.29 is 13.5 Å².